The number of methoxy groups -OCH3 is 1. The highest BCUT2D eigenvalue weighted by molar-refractivity contribution is 5.93. The van der Waals surface area contributed by atoms with E-state index in [-0.39, 0.29) is 6.03 Å². The van der Waals surface area contributed by atoms with E-state index in [1.807, 2.05) is 23.1 Å². The number of hydrogen-bond donors (Lipinski definition) is 1. The molecule has 0 radical (unpaired) electrons. The fourth-order valence-corrected chi connectivity index (χ4v) is 2.79. The molecule has 5 nitrogen and oxygen atoms in total. The predicted octanol–water partition coefficient (Wildman–Crippen LogP) is 2.92. The van der Waals surface area contributed by atoms with Crippen LogP contribution < -0.4 is 5.32 Å². The summed E-state index contributed by atoms with van der Waals surface area (Å²) in [5.41, 5.74) is 2.01. The Morgan fingerprint density at radius 3 is 2.86 bits per heavy atom. The first-order valence-electron chi connectivity index (χ1n) is 7.42. The van der Waals surface area contributed by atoms with Gasteiger partial charge in [-0.2, -0.15) is 0 Å². The van der Waals surface area contributed by atoms with E-state index in [1.54, 1.807) is 7.11 Å². The van der Waals surface area contributed by atoms with Crippen molar-refractivity contribution >= 4 is 22.6 Å². The lowest BCUT2D eigenvalue weighted by Crippen LogP contribution is -2.32. The van der Waals surface area contributed by atoms with Crippen LogP contribution in [-0.4, -0.2) is 42.3 Å². The van der Waals surface area contributed by atoms with E-state index in [0.717, 1.165) is 49.1 Å². The van der Waals surface area contributed by atoms with Gasteiger partial charge in [-0.05, 0) is 37.1 Å². The molecule has 0 atom stereocenters. The second-order valence-corrected chi connectivity index (χ2v) is 5.40. The lowest BCUT2D eigenvalue weighted by atomic mass is 10.2. The molecule has 0 spiro atoms. The highest BCUT2D eigenvalue weighted by Gasteiger charge is 2.17. The first kappa shape index (κ1) is 13.9. The Bertz CT molecular complexity index is 629. The summed E-state index contributed by atoms with van der Waals surface area (Å²) in [6, 6.07) is 8.10. The minimum atomic E-state index is 0.00525. The molecule has 1 aromatic heterocycles. The van der Waals surface area contributed by atoms with Gasteiger partial charge in [0.2, 0.25) is 0 Å². The van der Waals surface area contributed by atoms with Gasteiger partial charge in [0.25, 0.3) is 0 Å². The van der Waals surface area contributed by atoms with Crippen molar-refractivity contribution in [3.05, 3.63) is 30.5 Å². The van der Waals surface area contributed by atoms with E-state index in [2.05, 4.69) is 22.1 Å². The van der Waals surface area contributed by atoms with Gasteiger partial charge in [-0.1, -0.05) is 0 Å². The minimum Gasteiger partial charge on any atom is -0.383 e. The van der Waals surface area contributed by atoms with Crippen molar-refractivity contribution in [3.8, 4) is 0 Å². The number of rotatable bonds is 4. The second-order valence-electron chi connectivity index (χ2n) is 5.40. The Labute approximate surface area is 124 Å². The number of ether oxygens (including phenoxy) is 1. The topological polar surface area (TPSA) is 46.5 Å². The third-order valence-electron chi connectivity index (χ3n) is 3.95. The molecule has 1 aliphatic rings. The maximum atomic E-state index is 12.1. The summed E-state index contributed by atoms with van der Waals surface area (Å²) in [7, 11) is 1.71. The zero-order valence-corrected chi connectivity index (χ0v) is 12.3. The first-order valence-corrected chi connectivity index (χ1v) is 7.42. The number of nitrogens with zero attached hydrogens (tertiary/aromatic N) is 2. The predicted molar refractivity (Wildman–Crippen MR) is 83.6 cm³/mol. The summed E-state index contributed by atoms with van der Waals surface area (Å²) < 4.78 is 7.27. The van der Waals surface area contributed by atoms with Crippen LogP contribution >= 0.6 is 0 Å². The third kappa shape index (κ3) is 3.03. The number of likely N-dealkylation sites (tertiary alicyclic amines) is 1. The number of urea groups is 1. The van der Waals surface area contributed by atoms with Crippen molar-refractivity contribution in [2.45, 2.75) is 19.4 Å². The van der Waals surface area contributed by atoms with Gasteiger partial charge < -0.3 is 19.5 Å². The monoisotopic (exact) mass is 287 g/mol. The molecule has 2 aromatic rings. The number of hydrogen-bond acceptors (Lipinski definition) is 2. The van der Waals surface area contributed by atoms with E-state index in [0.29, 0.717) is 6.61 Å². The molecule has 21 heavy (non-hydrogen) atoms. The molecule has 5 heteroatoms. The van der Waals surface area contributed by atoms with Crippen LogP contribution in [0.15, 0.2) is 30.5 Å². The maximum absolute atomic E-state index is 12.1. The molecule has 3 rings (SSSR count). The van der Waals surface area contributed by atoms with Gasteiger partial charge in [-0.25, -0.2) is 4.79 Å². The van der Waals surface area contributed by atoms with Crippen LogP contribution in [0.5, 0.6) is 0 Å². The van der Waals surface area contributed by atoms with E-state index >= 15 is 0 Å². The number of amides is 2. The summed E-state index contributed by atoms with van der Waals surface area (Å²) in [4.78, 5) is 14.0. The summed E-state index contributed by atoms with van der Waals surface area (Å²) in [6.45, 7) is 3.25. The Morgan fingerprint density at radius 2 is 2.10 bits per heavy atom. The van der Waals surface area contributed by atoms with Crippen LogP contribution in [-0.2, 0) is 11.3 Å². The van der Waals surface area contributed by atoms with E-state index < -0.39 is 0 Å². The van der Waals surface area contributed by atoms with Gasteiger partial charge in [-0.15, -0.1) is 0 Å². The van der Waals surface area contributed by atoms with Gasteiger partial charge in [0.1, 0.15) is 0 Å². The molecule has 1 aliphatic heterocycles. The molecule has 2 amide bonds. The molecule has 1 N–H and O–H groups in total. The average molecular weight is 287 g/mol. The number of carbonyl (C=O) groups excluding carboxylic acids is 1. The van der Waals surface area contributed by atoms with Crippen LogP contribution in [0, 0.1) is 0 Å². The zero-order chi connectivity index (χ0) is 14.7. The molecule has 1 aromatic carbocycles. The summed E-state index contributed by atoms with van der Waals surface area (Å²) in [5.74, 6) is 0. The second kappa shape index (κ2) is 6.18. The minimum absolute atomic E-state index is 0.00525. The Kier molecular flexibility index (Phi) is 4.10. The SMILES string of the molecule is COCCn1ccc2cc(NC(=O)N3CCCC3)ccc21. The molecule has 112 valence electrons. The summed E-state index contributed by atoms with van der Waals surface area (Å²) >= 11 is 0. The Balaban J connectivity index is 1.73. The zero-order valence-electron chi connectivity index (χ0n) is 12.3. The van der Waals surface area contributed by atoms with Gasteiger partial charge in [0, 0.05) is 49.5 Å². The summed E-state index contributed by atoms with van der Waals surface area (Å²) in [6.07, 6.45) is 4.26. The number of nitrogens with one attached hydrogen (secondary N) is 1. The standard InChI is InChI=1S/C16H21N3O2/c1-21-11-10-18-9-6-13-12-14(4-5-15(13)18)17-16(20)19-7-2-3-8-19/h4-6,9,12H,2-3,7-8,10-11H2,1H3,(H,17,20). The highest BCUT2D eigenvalue weighted by atomic mass is 16.5. The van der Waals surface area contributed by atoms with E-state index in [4.69, 9.17) is 4.74 Å². The van der Waals surface area contributed by atoms with E-state index in [1.165, 1.54) is 0 Å². The van der Waals surface area contributed by atoms with Crippen LogP contribution in [0.25, 0.3) is 10.9 Å². The van der Waals surface area contributed by atoms with Crippen molar-refractivity contribution in [3.63, 3.8) is 0 Å². The van der Waals surface area contributed by atoms with Crippen molar-refractivity contribution in [1.82, 2.24) is 9.47 Å². The van der Waals surface area contributed by atoms with Crippen LogP contribution in [0.3, 0.4) is 0 Å². The van der Waals surface area contributed by atoms with Gasteiger partial charge in [-0.3, -0.25) is 0 Å². The van der Waals surface area contributed by atoms with Gasteiger partial charge >= 0.3 is 6.03 Å². The molecule has 0 unspecified atom stereocenters. The first-order chi connectivity index (χ1) is 10.3. The highest BCUT2D eigenvalue weighted by Crippen LogP contribution is 2.21. The van der Waals surface area contributed by atoms with Crippen LogP contribution in [0.1, 0.15) is 12.8 Å². The Hall–Kier alpha value is -2.01. The molecule has 1 saturated heterocycles. The number of fused-ring (bicyclic) bond motifs is 1. The quantitative estimate of drug-likeness (QED) is 0.940. The number of aromatic nitrogens is 1. The molecule has 0 aliphatic carbocycles. The van der Waals surface area contributed by atoms with Crippen LogP contribution in [0.2, 0.25) is 0 Å². The largest absolute Gasteiger partial charge is 0.383 e. The van der Waals surface area contributed by atoms with Crippen LogP contribution in [0.4, 0.5) is 10.5 Å². The van der Waals surface area contributed by atoms with Crippen molar-refractivity contribution in [2.24, 2.45) is 0 Å². The van der Waals surface area contributed by atoms with Crippen molar-refractivity contribution in [1.29, 1.82) is 0 Å². The maximum Gasteiger partial charge on any atom is 0.321 e. The molecular formula is C16H21N3O2. The molecule has 1 fully saturated rings. The number of carbonyl (C=O) groups is 1. The molecular weight excluding hydrogens is 266 g/mol. The fourth-order valence-electron chi connectivity index (χ4n) is 2.79. The summed E-state index contributed by atoms with van der Waals surface area (Å²) in [5, 5.41) is 4.11. The number of anilines is 1. The Morgan fingerprint density at radius 1 is 1.29 bits per heavy atom. The van der Waals surface area contributed by atoms with Crippen molar-refractivity contribution < 1.29 is 9.53 Å². The van der Waals surface area contributed by atoms with E-state index in [9.17, 15) is 4.79 Å². The lowest BCUT2D eigenvalue weighted by molar-refractivity contribution is 0.188. The van der Waals surface area contributed by atoms with Gasteiger partial charge in [0.05, 0.1) is 6.61 Å². The van der Waals surface area contributed by atoms with Crippen molar-refractivity contribution in [2.75, 3.05) is 32.1 Å². The molecule has 0 bridgehead atoms. The molecule has 0 saturated carbocycles. The third-order valence-corrected chi connectivity index (χ3v) is 3.95. The lowest BCUT2D eigenvalue weighted by Gasteiger charge is -2.16. The number of benzene rings is 1. The average Bonchev–Trinajstić information content (AvgIpc) is 3.14. The normalized spacial score (nSPS) is 14.8. The molecule has 2 heterocycles. The smallest absolute Gasteiger partial charge is 0.321 e. The van der Waals surface area contributed by atoms with Gasteiger partial charge in [0.15, 0.2) is 0 Å². The fraction of sp³-hybridized carbons (Fsp3) is 0.438.